The van der Waals surface area contributed by atoms with Crippen molar-refractivity contribution in [2.75, 3.05) is 51.8 Å². The van der Waals surface area contributed by atoms with Crippen LogP contribution in [0.15, 0.2) is 36.5 Å². The molecule has 2 aromatic rings. The average Bonchev–Trinajstić information content (AvgIpc) is 2.99. The van der Waals surface area contributed by atoms with Gasteiger partial charge in [-0.05, 0) is 30.7 Å². The van der Waals surface area contributed by atoms with E-state index in [1.165, 1.54) is 12.1 Å². The number of fused-ring (bicyclic) bond motifs is 1. The number of nitrogens with one attached hydrogen (secondary N) is 1. The third-order valence-electron chi connectivity index (χ3n) is 5.90. The van der Waals surface area contributed by atoms with E-state index in [9.17, 15) is 9.18 Å². The Balaban J connectivity index is 0.000000913. The third kappa shape index (κ3) is 5.91. The molecule has 1 saturated heterocycles. The zero-order chi connectivity index (χ0) is 23.3. The van der Waals surface area contributed by atoms with Gasteiger partial charge in [0, 0.05) is 75.7 Å². The van der Waals surface area contributed by atoms with Gasteiger partial charge in [-0.15, -0.1) is 0 Å². The van der Waals surface area contributed by atoms with Gasteiger partial charge < -0.3 is 15.0 Å². The number of pyridine rings is 1. The van der Waals surface area contributed by atoms with Crippen LogP contribution in [0.3, 0.4) is 0 Å². The first-order valence-corrected chi connectivity index (χ1v) is 11.1. The van der Waals surface area contributed by atoms with Crippen LogP contribution in [-0.4, -0.2) is 68.8 Å². The van der Waals surface area contributed by atoms with Gasteiger partial charge in [0.2, 0.25) is 5.91 Å². The second kappa shape index (κ2) is 10.5. The Morgan fingerprint density at radius 3 is 2.75 bits per heavy atom. The molecule has 1 amide bonds. The molecule has 174 valence electrons. The largest absolute Gasteiger partial charge is 0.388 e. The van der Waals surface area contributed by atoms with E-state index in [0.29, 0.717) is 25.6 Å². The van der Waals surface area contributed by atoms with Crippen LogP contribution in [0.1, 0.15) is 37.6 Å². The fourth-order valence-corrected chi connectivity index (χ4v) is 4.40. The fourth-order valence-electron chi connectivity index (χ4n) is 4.40. The number of ether oxygens (including phenoxy) is 1. The molecule has 32 heavy (non-hydrogen) atoms. The Hall–Kier alpha value is -2.35. The lowest BCUT2D eigenvalue weighted by atomic mass is 9.88. The van der Waals surface area contributed by atoms with Gasteiger partial charge in [-0.1, -0.05) is 26.0 Å². The second-order valence-corrected chi connectivity index (χ2v) is 9.36. The van der Waals surface area contributed by atoms with E-state index in [2.05, 4.69) is 40.7 Å². The minimum Gasteiger partial charge on any atom is -0.388 e. The molecule has 6 nitrogen and oxygen atoms in total. The highest BCUT2D eigenvalue weighted by atomic mass is 19.1. The van der Waals surface area contributed by atoms with Crippen LogP contribution in [0, 0.1) is 5.82 Å². The summed E-state index contributed by atoms with van der Waals surface area (Å²) in [5.74, 6) is -0.110. The zero-order valence-corrected chi connectivity index (χ0v) is 19.8. The molecule has 0 saturated carbocycles. The van der Waals surface area contributed by atoms with Crippen LogP contribution in [0.4, 0.5) is 10.1 Å². The van der Waals surface area contributed by atoms with Crippen molar-refractivity contribution in [3.05, 3.63) is 59.2 Å². The minimum absolute atomic E-state index is 0.133. The van der Waals surface area contributed by atoms with Crippen LogP contribution < -0.4 is 10.2 Å². The van der Waals surface area contributed by atoms with Gasteiger partial charge in [-0.3, -0.25) is 14.7 Å². The predicted octanol–water partition coefficient (Wildman–Crippen LogP) is 2.99. The number of carbonyl (C=O) groups is 1. The van der Waals surface area contributed by atoms with Crippen molar-refractivity contribution in [3.8, 4) is 0 Å². The lowest BCUT2D eigenvalue weighted by molar-refractivity contribution is -0.120. The summed E-state index contributed by atoms with van der Waals surface area (Å²) < 4.78 is 17.8. The summed E-state index contributed by atoms with van der Waals surface area (Å²) in [6.45, 7) is 10.2. The van der Waals surface area contributed by atoms with Crippen molar-refractivity contribution < 1.29 is 13.9 Å². The molecule has 4 rings (SSSR count). The van der Waals surface area contributed by atoms with Crippen LogP contribution in [0.5, 0.6) is 0 Å². The van der Waals surface area contributed by atoms with Crippen LogP contribution in [-0.2, 0) is 21.4 Å². The molecule has 1 fully saturated rings. The summed E-state index contributed by atoms with van der Waals surface area (Å²) in [5, 5.41) is 3.42. The standard InChI is InChI=1S/C23H29FN4O.C2H6O/c1-16-13-27(8-7-25-16)14-22(29)28-15-23(2,3)20-12-26-19(11-21(20)28)10-17-5-4-6-18(24)9-17;1-3-2/h4-6,9,11-12,16,25H,7-8,10,13-15H2,1-3H3;1-2H3. The molecule has 3 heterocycles. The van der Waals surface area contributed by atoms with Crippen molar-refractivity contribution in [1.82, 2.24) is 15.2 Å². The molecule has 0 bridgehead atoms. The number of anilines is 1. The highest BCUT2D eigenvalue weighted by Gasteiger charge is 2.39. The first-order chi connectivity index (χ1) is 15.2. The maximum Gasteiger partial charge on any atom is 0.241 e. The lowest BCUT2D eigenvalue weighted by Crippen LogP contribution is -2.52. The Kier molecular flexibility index (Phi) is 7.98. The summed E-state index contributed by atoms with van der Waals surface area (Å²) in [6.07, 6.45) is 2.44. The Labute approximate surface area is 190 Å². The second-order valence-electron chi connectivity index (χ2n) is 9.36. The molecule has 0 spiro atoms. The Morgan fingerprint density at radius 2 is 2.06 bits per heavy atom. The first-order valence-electron chi connectivity index (χ1n) is 11.1. The van der Waals surface area contributed by atoms with E-state index in [-0.39, 0.29) is 17.1 Å². The molecular weight excluding hydrogens is 407 g/mol. The van der Waals surface area contributed by atoms with Gasteiger partial charge in [0.15, 0.2) is 0 Å². The summed E-state index contributed by atoms with van der Waals surface area (Å²) >= 11 is 0. The molecule has 2 aliphatic rings. The number of benzene rings is 1. The van der Waals surface area contributed by atoms with Gasteiger partial charge >= 0.3 is 0 Å². The summed E-state index contributed by atoms with van der Waals surface area (Å²) in [6, 6.07) is 9.00. The lowest BCUT2D eigenvalue weighted by Gasteiger charge is -2.32. The summed E-state index contributed by atoms with van der Waals surface area (Å²) in [7, 11) is 3.25. The van der Waals surface area contributed by atoms with E-state index in [1.807, 2.05) is 23.2 Å². The van der Waals surface area contributed by atoms with Gasteiger partial charge in [0.05, 0.1) is 12.2 Å². The molecule has 1 N–H and O–H groups in total. The first kappa shape index (κ1) is 24.3. The van der Waals surface area contributed by atoms with E-state index in [0.717, 1.165) is 42.1 Å². The van der Waals surface area contributed by atoms with Gasteiger partial charge in [-0.25, -0.2) is 4.39 Å². The maximum atomic E-state index is 13.5. The van der Waals surface area contributed by atoms with Crippen molar-refractivity contribution in [3.63, 3.8) is 0 Å². The number of carbonyl (C=O) groups excluding carboxylic acids is 1. The van der Waals surface area contributed by atoms with E-state index < -0.39 is 0 Å². The number of amides is 1. The molecular formula is C25H35FN4O2. The Bertz CT molecular complexity index is 934. The molecule has 0 radical (unpaired) electrons. The predicted molar refractivity (Wildman–Crippen MR) is 126 cm³/mol. The van der Waals surface area contributed by atoms with E-state index in [1.54, 1.807) is 20.3 Å². The van der Waals surface area contributed by atoms with Crippen LogP contribution in [0.2, 0.25) is 0 Å². The van der Waals surface area contributed by atoms with Gasteiger partial charge in [0.1, 0.15) is 5.82 Å². The average molecular weight is 443 g/mol. The number of nitrogens with zero attached hydrogens (tertiary/aromatic N) is 3. The normalized spacial score (nSPS) is 19.8. The van der Waals surface area contributed by atoms with Crippen molar-refractivity contribution in [1.29, 1.82) is 0 Å². The number of rotatable bonds is 4. The van der Waals surface area contributed by atoms with Gasteiger partial charge in [0.25, 0.3) is 0 Å². The molecule has 1 unspecified atom stereocenters. The van der Waals surface area contributed by atoms with Gasteiger partial charge in [-0.2, -0.15) is 0 Å². The highest BCUT2D eigenvalue weighted by molar-refractivity contribution is 5.97. The van der Waals surface area contributed by atoms with Crippen LogP contribution in [0.25, 0.3) is 0 Å². The molecule has 2 aliphatic heterocycles. The topological polar surface area (TPSA) is 57.7 Å². The number of piperazine rings is 1. The number of methoxy groups -OCH3 is 1. The Morgan fingerprint density at radius 1 is 1.31 bits per heavy atom. The zero-order valence-electron chi connectivity index (χ0n) is 19.8. The SMILES string of the molecule is CC1CN(CC(=O)N2CC(C)(C)c3cnc(Cc4cccc(F)c4)cc32)CCN1.COC. The number of hydrogen-bond acceptors (Lipinski definition) is 5. The molecule has 0 aliphatic carbocycles. The third-order valence-corrected chi connectivity index (χ3v) is 5.90. The summed E-state index contributed by atoms with van der Waals surface area (Å²) in [4.78, 5) is 21.9. The number of aromatic nitrogens is 1. The minimum atomic E-state index is -0.244. The molecule has 1 aromatic heterocycles. The van der Waals surface area contributed by atoms with Crippen molar-refractivity contribution in [2.24, 2.45) is 0 Å². The summed E-state index contributed by atoms with van der Waals surface area (Å²) in [5.41, 5.74) is 3.64. The van der Waals surface area contributed by atoms with Crippen molar-refractivity contribution >= 4 is 11.6 Å². The monoisotopic (exact) mass is 442 g/mol. The van der Waals surface area contributed by atoms with Crippen LogP contribution >= 0.6 is 0 Å². The molecule has 7 heteroatoms. The number of hydrogen-bond donors (Lipinski definition) is 1. The van der Waals surface area contributed by atoms with E-state index in [4.69, 9.17) is 0 Å². The maximum absolute atomic E-state index is 13.5. The fraction of sp³-hybridized carbons (Fsp3) is 0.520. The highest BCUT2D eigenvalue weighted by Crippen LogP contribution is 2.40. The van der Waals surface area contributed by atoms with Crippen molar-refractivity contribution in [2.45, 2.75) is 38.6 Å². The molecule has 1 atom stereocenters. The smallest absolute Gasteiger partial charge is 0.241 e. The molecule has 1 aromatic carbocycles. The quantitative estimate of drug-likeness (QED) is 0.789. The van der Waals surface area contributed by atoms with E-state index >= 15 is 0 Å². The number of halogens is 1.